The maximum atomic E-state index is 14.5. The lowest BCUT2D eigenvalue weighted by atomic mass is 9.71. The van der Waals surface area contributed by atoms with Gasteiger partial charge in [0.2, 0.25) is 29.5 Å². The van der Waals surface area contributed by atoms with Crippen LogP contribution in [-0.2, 0) is 52.7 Å². The molecule has 2 saturated heterocycles. The number of hydrogen-bond acceptors (Lipinski definition) is 9. The highest BCUT2D eigenvalue weighted by molar-refractivity contribution is 5.95. The van der Waals surface area contributed by atoms with Gasteiger partial charge in [0, 0.05) is 57.4 Å². The Balaban J connectivity index is 1.29. The van der Waals surface area contributed by atoms with Crippen molar-refractivity contribution in [2.45, 2.75) is 155 Å². The second-order valence-electron chi connectivity index (χ2n) is 21.9. The fourth-order valence-electron chi connectivity index (χ4n) is 9.06. The van der Waals surface area contributed by atoms with E-state index in [1.165, 1.54) is 0 Å². The Labute approximate surface area is 426 Å². The summed E-state index contributed by atoms with van der Waals surface area (Å²) in [4.78, 5) is 99.9. The van der Waals surface area contributed by atoms with Crippen LogP contribution in [0.25, 0.3) is 0 Å². The van der Waals surface area contributed by atoms with Gasteiger partial charge in [0.25, 0.3) is 0 Å². The van der Waals surface area contributed by atoms with E-state index in [2.05, 4.69) is 26.6 Å². The van der Waals surface area contributed by atoms with Gasteiger partial charge in [-0.15, -0.1) is 0 Å². The first-order valence-corrected chi connectivity index (χ1v) is 25.6. The summed E-state index contributed by atoms with van der Waals surface area (Å²) in [5.41, 5.74) is 1.04. The van der Waals surface area contributed by atoms with Crippen LogP contribution < -0.4 is 26.6 Å². The maximum Gasteiger partial charge on any atom is 0.408 e. The number of hydrogen-bond donors (Lipinski definition) is 5. The fraction of sp³-hybridized carbons (Fsp3) is 0.554. The van der Waals surface area contributed by atoms with Crippen molar-refractivity contribution in [3.63, 3.8) is 0 Å². The molecule has 2 heterocycles. The first-order valence-electron chi connectivity index (χ1n) is 25.6. The summed E-state index contributed by atoms with van der Waals surface area (Å²) in [5.74, 6) is -1.95. The number of likely N-dealkylation sites (tertiary alicyclic amines) is 2. The number of benzene rings is 3. The summed E-state index contributed by atoms with van der Waals surface area (Å²) in [5, 5.41) is 14.3. The Kier molecular flexibility index (Phi) is 20.6. The third-order valence-corrected chi connectivity index (χ3v) is 12.8. The normalized spacial score (nSPS) is 16.0. The molecule has 4 atom stereocenters. The number of nitrogens with one attached hydrogen (secondary N) is 5. The van der Waals surface area contributed by atoms with E-state index in [4.69, 9.17) is 9.47 Å². The molecular formula is C56H79N7O9. The molecule has 5 N–H and O–H groups in total. The summed E-state index contributed by atoms with van der Waals surface area (Å²) in [6.45, 7) is 16.9. The SMILES string of the molecule is CC(C)C[C@@H](NC(=O)[C@@H](Cc1ccccc1)NC(=O)[C@@H](Cc1ccccc1)NC(=O)OC(C)(C)C)C(=O)N[C@H](CCCCNC(=O)OC(C)(C)C)C(=O)N1CC2(CCN(C(=O)CCc3ccccc3)CC2)C1. The molecule has 0 radical (unpaired) electrons. The fourth-order valence-corrected chi connectivity index (χ4v) is 9.06. The second-order valence-corrected chi connectivity index (χ2v) is 21.9. The van der Waals surface area contributed by atoms with Crippen LogP contribution in [0.15, 0.2) is 91.0 Å². The van der Waals surface area contributed by atoms with Gasteiger partial charge >= 0.3 is 12.2 Å². The van der Waals surface area contributed by atoms with E-state index in [9.17, 15) is 33.6 Å². The summed E-state index contributed by atoms with van der Waals surface area (Å²) in [7, 11) is 0. The smallest absolute Gasteiger partial charge is 0.408 e. The molecule has 0 unspecified atom stereocenters. The highest BCUT2D eigenvalue weighted by atomic mass is 16.6. The summed E-state index contributed by atoms with van der Waals surface area (Å²) in [6, 6.07) is 24.0. The molecule has 16 heteroatoms. The van der Waals surface area contributed by atoms with E-state index in [0.29, 0.717) is 58.4 Å². The summed E-state index contributed by atoms with van der Waals surface area (Å²) >= 11 is 0. The molecule has 392 valence electrons. The number of ether oxygens (including phenoxy) is 2. The highest BCUT2D eigenvalue weighted by Gasteiger charge is 2.48. The molecule has 2 fully saturated rings. The van der Waals surface area contributed by atoms with Crippen molar-refractivity contribution < 1.29 is 43.0 Å². The van der Waals surface area contributed by atoms with Crippen LogP contribution in [0.3, 0.4) is 0 Å². The average molecular weight is 994 g/mol. The van der Waals surface area contributed by atoms with Crippen molar-refractivity contribution in [1.82, 2.24) is 36.4 Å². The van der Waals surface area contributed by atoms with E-state index in [-0.39, 0.29) is 48.8 Å². The molecule has 3 aromatic carbocycles. The molecule has 0 bridgehead atoms. The zero-order chi connectivity index (χ0) is 52.5. The Hall–Kier alpha value is -6.45. The van der Waals surface area contributed by atoms with Crippen molar-refractivity contribution >= 4 is 41.7 Å². The standard InChI is InChI=1S/C56H79N7O9/c1-39(2)34-44(59-49(66)45(35-41-22-14-10-15-23-41)60-50(67)46(36-42-24-16-11-17-25-42)61-53(70)72-55(6,7)8)48(65)58-43(26-18-19-31-57-52(69)71-54(3,4)5)51(68)63-37-56(38-63)29-32-62(33-30-56)47(64)28-27-40-20-12-9-13-21-40/h9-17,20-25,39,43-46H,18-19,26-38H2,1-8H3,(H,57,69)(H,58,65)(H,59,66)(H,60,67)(H,61,70)/t43-,44-,45-,46-/m1/s1. The van der Waals surface area contributed by atoms with Crippen LogP contribution in [0.5, 0.6) is 0 Å². The number of aryl methyl sites for hydroxylation is 1. The van der Waals surface area contributed by atoms with Crippen molar-refractivity contribution in [2.24, 2.45) is 11.3 Å². The van der Waals surface area contributed by atoms with Gasteiger partial charge in [-0.1, -0.05) is 105 Å². The van der Waals surface area contributed by atoms with Gasteiger partial charge in [-0.3, -0.25) is 24.0 Å². The first kappa shape index (κ1) is 56.5. The van der Waals surface area contributed by atoms with E-state index < -0.39 is 65.3 Å². The molecule has 72 heavy (non-hydrogen) atoms. The van der Waals surface area contributed by atoms with Gasteiger partial charge in [-0.2, -0.15) is 0 Å². The highest BCUT2D eigenvalue weighted by Crippen LogP contribution is 2.41. The van der Waals surface area contributed by atoms with E-state index in [1.807, 2.05) is 110 Å². The predicted octanol–water partition coefficient (Wildman–Crippen LogP) is 6.64. The third-order valence-electron chi connectivity index (χ3n) is 12.8. The number of rotatable bonds is 22. The molecule has 0 aliphatic carbocycles. The zero-order valence-electron chi connectivity index (χ0n) is 43.7. The lowest BCUT2D eigenvalue weighted by molar-refractivity contribution is -0.153. The maximum absolute atomic E-state index is 14.5. The molecule has 7 amide bonds. The molecule has 2 aliphatic heterocycles. The van der Waals surface area contributed by atoms with Crippen LogP contribution >= 0.6 is 0 Å². The Morgan fingerprint density at radius 2 is 1.03 bits per heavy atom. The van der Waals surface area contributed by atoms with Gasteiger partial charge < -0.3 is 45.9 Å². The third kappa shape index (κ3) is 18.9. The van der Waals surface area contributed by atoms with Crippen molar-refractivity contribution in [3.8, 4) is 0 Å². The molecule has 16 nitrogen and oxygen atoms in total. The van der Waals surface area contributed by atoms with Crippen molar-refractivity contribution in [3.05, 3.63) is 108 Å². The average Bonchev–Trinajstić information content (AvgIpc) is 3.30. The molecule has 2 aliphatic rings. The Morgan fingerprint density at radius 1 is 0.569 bits per heavy atom. The van der Waals surface area contributed by atoms with Gasteiger partial charge in [0.05, 0.1) is 0 Å². The minimum atomic E-state index is -1.17. The van der Waals surface area contributed by atoms with Gasteiger partial charge in [0.1, 0.15) is 35.4 Å². The number of carbonyl (C=O) groups excluding carboxylic acids is 7. The van der Waals surface area contributed by atoms with Gasteiger partial charge in [-0.05, 0) is 109 Å². The first-order chi connectivity index (χ1) is 34.1. The van der Waals surface area contributed by atoms with Gasteiger partial charge in [-0.25, -0.2) is 9.59 Å². The predicted molar refractivity (Wildman–Crippen MR) is 276 cm³/mol. The monoisotopic (exact) mass is 994 g/mol. The van der Waals surface area contributed by atoms with Crippen molar-refractivity contribution in [2.75, 3.05) is 32.7 Å². The summed E-state index contributed by atoms with van der Waals surface area (Å²) in [6.07, 6.45) is 3.03. The lowest BCUT2D eigenvalue weighted by Gasteiger charge is -2.54. The minimum absolute atomic E-state index is 0.0593. The molecule has 3 aromatic rings. The molecule has 0 saturated carbocycles. The number of carbonyl (C=O) groups is 7. The molecule has 5 rings (SSSR count). The van der Waals surface area contributed by atoms with Crippen molar-refractivity contribution in [1.29, 1.82) is 0 Å². The number of nitrogens with zero attached hydrogens (tertiary/aromatic N) is 2. The largest absolute Gasteiger partial charge is 0.444 e. The second kappa shape index (κ2) is 26.3. The summed E-state index contributed by atoms with van der Waals surface area (Å²) < 4.78 is 10.9. The quantitative estimate of drug-likeness (QED) is 0.0684. The molecule has 0 aromatic heterocycles. The number of unbranched alkanes of at least 4 members (excludes halogenated alkanes) is 1. The van der Waals surface area contributed by atoms with E-state index >= 15 is 0 Å². The molecular weight excluding hydrogens is 915 g/mol. The van der Waals surface area contributed by atoms with E-state index in [0.717, 1.165) is 29.5 Å². The number of piperidine rings is 1. The van der Waals surface area contributed by atoms with Crippen LogP contribution in [0.2, 0.25) is 0 Å². The van der Waals surface area contributed by atoms with Crippen LogP contribution in [0.4, 0.5) is 9.59 Å². The molecule has 1 spiro atoms. The lowest BCUT2D eigenvalue weighted by Crippen LogP contribution is -2.65. The zero-order valence-corrected chi connectivity index (χ0v) is 43.7. The van der Waals surface area contributed by atoms with Crippen LogP contribution in [-0.4, -0.2) is 120 Å². The van der Waals surface area contributed by atoms with Crippen LogP contribution in [0, 0.1) is 11.3 Å². The number of amides is 7. The number of alkyl carbamates (subject to hydrolysis) is 2. The van der Waals surface area contributed by atoms with Crippen LogP contribution in [0.1, 0.15) is 117 Å². The topological polar surface area (TPSA) is 205 Å². The Morgan fingerprint density at radius 3 is 1.54 bits per heavy atom. The van der Waals surface area contributed by atoms with E-state index in [1.54, 1.807) is 46.4 Å². The minimum Gasteiger partial charge on any atom is -0.444 e. The Bertz CT molecular complexity index is 2250. The van der Waals surface area contributed by atoms with Gasteiger partial charge in [0.15, 0.2) is 0 Å².